The minimum atomic E-state index is -3.24. The molecule has 21 heavy (non-hydrogen) atoms. The van der Waals surface area contributed by atoms with Gasteiger partial charge in [-0.3, -0.25) is 0 Å². The van der Waals surface area contributed by atoms with Crippen LogP contribution in [0.4, 0.5) is 8.78 Å². The molecular weight excluding hydrogens is 302 g/mol. The number of carbonyl (C=O) groups is 1. The molecule has 0 bridgehead atoms. The van der Waals surface area contributed by atoms with E-state index in [0.29, 0.717) is 0 Å². The zero-order chi connectivity index (χ0) is 15.5. The number of benzene rings is 2. The van der Waals surface area contributed by atoms with Crippen molar-refractivity contribution in [2.75, 3.05) is 6.61 Å². The van der Waals surface area contributed by atoms with Gasteiger partial charge in [0.1, 0.15) is 11.3 Å². The molecule has 0 aromatic heterocycles. The maximum absolute atomic E-state index is 14.0. The van der Waals surface area contributed by atoms with Crippen LogP contribution in [0.3, 0.4) is 0 Å². The highest BCUT2D eigenvalue weighted by atomic mass is 35.5. The van der Waals surface area contributed by atoms with Gasteiger partial charge in [0.2, 0.25) is 0 Å². The van der Waals surface area contributed by atoms with Crippen molar-refractivity contribution in [1.29, 1.82) is 0 Å². The van der Waals surface area contributed by atoms with E-state index < -0.39 is 18.5 Å². The van der Waals surface area contributed by atoms with Gasteiger partial charge in [-0.2, -0.15) is 8.78 Å². The third-order valence-corrected chi connectivity index (χ3v) is 3.11. The first-order valence-corrected chi connectivity index (χ1v) is 6.37. The zero-order valence-corrected chi connectivity index (χ0v) is 11.5. The molecule has 0 saturated carbocycles. The molecule has 0 spiro atoms. The number of aromatic carboxylic acids is 1. The first-order valence-electron chi connectivity index (χ1n) is 6.00. The van der Waals surface area contributed by atoms with Crippen LogP contribution in [0.15, 0.2) is 48.5 Å². The Hall–Kier alpha value is -2.14. The number of rotatable bonds is 5. The lowest BCUT2D eigenvalue weighted by Gasteiger charge is -2.18. The van der Waals surface area contributed by atoms with Gasteiger partial charge >= 0.3 is 11.9 Å². The summed E-state index contributed by atoms with van der Waals surface area (Å²) >= 11 is 5.74. The normalized spacial score (nSPS) is 11.2. The number of carboxylic acids is 1. The number of hydrogen-bond donors (Lipinski definition) is 1. The van der Waals surface area contributed by atoms with E-state index in [2.05, 4.69) is 0 Å². The molecule has 0 aliphatic carbocycles. The smallest absolute Gasteiger partial charge is 0.341 e. The fourth-order valence-corrected chi connectivity index (χ4v) is 2.01. The van der Waals surface area contributed by atoms with Crippen LogP contribution in [0.2, 0.25) is 5.02 Å². The minimum Gasteiger partial charge on any atom is -0.486 e. The quantitative estimate of drug-likeness (QED) is 0.899. The molecule has 0 amide bonds. The first-order chi connectivity index (χ1) is 9.92. The number of hydrogen-bond acceptors (Lipinski definition) is 2. The molecule has 110 valence electrons. The molecule has 2 aromatic rings. The summed E-state index contributed by atoms with van der Waals surface area (Å²) < 4.78 is 32.9. The molecule has 6 heteroatoms. The lowest BCUT2D eigenvalue weighted by atomic mass is 10.1. The highest BCUT2D eigenvalue weighted by Crippen LogP contribution is 2.31. The van der Waals surface area contributed by atoms with Crippen LogP contribution in [0, 0.1) is 0 Å². The second-order valence-electron chi connectivity index (χ2n) is 4.28. The topological polar surface area (TPSA) is 46.5 Å². The minimum absolute atomic E-state index is 0.0666. The fourth-order valence-electron chi connectivity index (χ4n) is 1.77. The highest BCUT2D eigenvalue weighted by Gasteiger charge is 2.33. The van der Waals surface area contributed by atoms with E-state index in [1.807, 2.05) is 0 Å². The predicted octanol–water partition coefficient (Wildman–Crippen LogP) is 4.21. The van der Waals surface area contributed by atoms with E-state index in [1.54, 1.807) is 6.07 Å². The van der Waals surface area contributed by atoms with Crippen molar-refractivity contribution in [1.82, 2.24) is 0 Å². The number of halogens is 3. The van der Waals surface area contributed by atoms with Crippen LogP contribution in [0.25, 0.3) is 0 Å². The average Bonchev–Trinajstić information content (AvgIpc) is 2.46. The summed E-state index contributed by atoms with van der Waals surface area (Å²) in [5.41, 5.74) is -0.535. The third-order valence-electron chi connectivity index (χ3n) is 2.79. The Morgan fingerprint density at radius 1 is 1.14 bits per heavy atom. The molecule has 0 radical (unpaired) electrons. The predicted molar refractivity (Wildman–Crippen MR) is 74.2 cm³/mol. The third kappa shape index (κ3) is 3.49. The van der Waals surface area contributed by atoms with Gasteiger partial charge in [0.25, 0.3) is 0 Å². The maximum atomic E-state index is 14.0. The molecule has 3 nitrogen and oxygen atoms in total. The molecule has 0 aliphatic rings. The summed E-state index contributed by atoms with van der Waals surface area (Å²) in [7, 11) is 0. The van der Waals surface area contributed by atoms with E-state index in [1.165, 1.54) is 42.5 Å². The Kier molecular flexibility index (Phi) is 4.43. The highest BCUT2D eigenvalue weighted by molar-refractivity contribution is 6.33. The standard InChI is InChI=1S/C15H11ClF2O3/c16-11-7-4-8-12(13(11)14(19)20)21-9-15(17,18)10-5-2-1-3-6-10/h1-8H,9H2,(H,19,20). The second kappa shape index (κ2) is 6.10. The summed E-state index contributed by atoms with van der Waals surface area (Å²) in [5, 5.41) is 8.97. The Morgan fingerprint density at radius 2 is 1.81 bits per heavy atom. The molecular formula is C15H11ClF2O3. The molecule has 0 fully saturated rings. The van der Waals surface area contributed by atoms with Crippen LogP contribution < -0.4 is 4.74 Å². The van der Waals surface area contributed by atoms with Crippen molar-refractivity contribution >= 4 is 17.6 Å². The summed E-state index contributed by atoms with van der Waals surface area (Å²) in [6, 6.07) is 11.2. The Morgan fingerprint density at radius 3 is 2.43 bits per heavy atom. The first kappa shape index (κ1) is 15.3. The van der Waals surface area contributed by atoms with Gasteiger partial charge < -0.3 is 9.84 Å². The van der Waals surface area contributed by atoms with Gasteiger partial charge in [-0.25, -0.2) is 4.79 Å². The Bertz CT molecular complexity index is 645. The van der Waals surface area contributed by atoms with E-state index in [-0.39, 0.29) is 21.9 Å². The summed E-state index contributed by atoms with van der Waals surface area (Å²) in [4.78, 5) is 11.1. The molecule has 0 saturated heterocycles. The molecule has 0 atom stereocenters. The van der Waals surface area contributed by atoms with E-state index in [4.69, 9.17) is 21.4 Å². The van der Waals surface area contributed by atoms with Gasteiger partial charge in [0.15, 0.2) is 6.61 Å². The number of ether oxygens (including phenoxy) is 1. The lowest BCUT2D eigenvalue weighted by molar-refractivity contribution is -0.0469. The monoisotopic (exact) mass is 312 g/mol. The molecule has 0 unspecified atom stereocenters. The van der Waals surface area contributed by atoms with Crippen LogP contribution in [-0.4, -0.2) is 17.7 Å². The maximum Gasteiger partial charge on any atom is 0.341 e. The number of alkyl halides is 2. The summed E-state index contributed by atoms with van der Waals surface area (Å²) in [6.07, 6.45) is 0. The van der Waals surface area contributed by atoms with Crippen molar-refractivity contribution in [3.8, 4) is 5.75 Å². The molecule has 0 aliphatic heterocycles. The molecule has 2 rings (SSSR count). The molecule has 0 heterocycles. The van der Waals surface area contributed by atoms with Crippen molar-refractivity contribution < 1.29 is 23.4 Å². The van der Waals surface area contributed by atoms with Crippen molar-refractivity contribution in [3.05, 3.63) is 64.7 Å². The lowest BCUT2D eigenvalue weighted by Crippen LogP contribution is -2.23. The molecule has 1 N–H and O–H groups in total. The van der Waals surface area contributed by atoms with Gasteiger partial charge in [0, 0.05) is 5.56 Å². The van der Waals surface area contributed by atoms with Crippen molar-refractivity contribution in [2.24, 2.45) is 0 Å². The van der Waals surface area contributed by atoms with Crippen molar-refractivity contribution in [3.63, 3.8) is 0 Å². The van der Waals surface area contributed by atoms with Crippen LogP contribution in [-0.2, 0) is 5.92 Å². The van der Waals surface area contributed by atoms with Gasteiger partial charge in [-0.1, -0.05) is 48.0 Å². The van der Waals surface area contributed by atoms with E-state index >= 15 is 0 Å². The van der Waals surface area contributed by atoms with Gasteiger partial charge in [-0.15, -0.1) is 0 Å². The van der Waals surface area contributed by atoms with Crippen molar-refractivity contribution in [2.45, 2.75) is 5.92 Å². The van der Waals surface area contributed by atoms with Crippen LogP contribution in [0.1, 0.15) is 15.9 Å². The van der Waals surface area contributed by atoms with E-state index in [9.17, 15) is 13.6 Å². The Labute approximate surface area is 124 Å². The summed E-state index contributed by atoms with van der Waals surface area (Å²) in [6.45, 7) is -0.975. The van der Waals surface area contributed by atoms with Crippen LogP contribution >= 0.6 is 11.6 Å². The molecule has 2 aromatic carbocycles. The SMILES string of the molecule is O=C(O)c1c(Cl)cccc1OCC(F)(F)c1ccccc1. The summed E-state index contributed by atoms with van der Waals surface area (Å²) in [5.74, 6) is -4.76. The van der Waals surface area contributed by atoms with Gasteiger partial charge in [-0.05, 0) is 12.1 Å². The second-order valence-corrected chi connectivity index (χ2v) is 4.68. The number of carboxylic acid groups (broad SMARTS) is 1. The Balaban J connectivity index is 2.21. The largest absolute Gasteiger partial charge is 0.486 e. The van der Waals surface area contributed by atoms with E-state index in [0.717, 1.165) is 0 Å². The zero-order valence-electron chi connectivity index (χ0n) is 10.7. The average molecular weight is 313 g/mol. The van der Waals surface area contributed by atoms with Gasteiger partial charge in [0.05, 0.1) is 5.02 Å². The van der Waals surface area contributed by atoms with Crippen LogP contribution in [0.5, 0.6) is 5.75 Å². The fraction of sp³-hybridized carbons (Fsp3) is 0.133.